The Kier molecular flexibility index (Phi) is 4.80. The number of nitrogens with one attached hydrogen (secondary N) is 1. The van der Waals surface area contributed by atoms with Crippen LogP contribution in [0.3, 0.4) is 0 Å². The zero-order valence-corrected chi connectivity index (χ0v) is 13.4. The molecule has 112 valence electrons. The molecule has 0 amide bonds. The Labute approximate surface area is 129 Å². The monoisotopic (exact) mass is 303 g/mol. The van der Waals surface area contributed by atoms with Crippen LogP contribution >= 0.6 is 11.3 Å². The van der Waals surface area contributed by atoms with Crippen LogP contribution in [0.25, 0.3) is 0 Å². The number of hydrogen-bond acceptors (Lipinski definition) is 3. The van der Waals surface area contributed by atoms with E-state index in [1.165, 1.54) is 4.88 Å². The molecule has 2 aromatic rings. The fourth-order valence-electron chi connectivity index (χ4n) is 2.07. The Hall–Kier alpha value is -1.65. The lowest BCUT2D eigenvalue weighted by molar-refractivity contribution is -0.139. The van der Waals surface area contributed by atoms with Gasteiger partial charge in [-0.15, -0.1) is 11.3 Å². The fourth-order valence-corrected chi connectivity index (χ4v) is 3.09. The van der Waals surface area contributed by atoms with E-state index >= 15 is 0 Å². The van der Waals surface area contributed by atoms with E-state index in [1.807, 2.05) is 30.3 Å². The first-order chi connectivity index (χ1) is 9.88. The molecule has 21 heavy (non-hydrogen) atoms. The normalized spacial score (nSPS) is 13.1. The molecule has 0 fully saturated rings. The van der Waals surface area contributed by atoms with E-state index < -0.39 is 12.0 Å². The summed E-state index contributed by atoms with van der Waals surface area (Å²) in [7, 11) is 0. The molecule has 4 heteroatoms. The molecule has 1 aromatic heterocycles. The maximum atomic E-state index is 11.4. The Bertz CT molecular complexity index is 599. The Balaban J connectivity index is 2.06. The highest BCUT2D eigenvalue weighted by Crippen LogP contribution is 2.29. The second-order valence-electron chi connectivity index (χ2n) is 6.08. The van der Waals surface area contributed by atoms with Gasteiger partial charge in [-0.05, 0) is 23.1 Å². The van der Waals surface area contributed by atoms with Crippen LogP contribution in [-0.4, -0.2) is 11.1 Å². The number of carbonyl (C=O) groups is 1. The standard InChI is InChI=1S/C17H21NO2S/c1-17(2,3)14-10-9-13(21-14)11-18-15(16(19)20)12-7-5-4-6-8-12/h4-10,15,18H,11H2,1-3H3,(H,19,20)/t15-/m0/s1. The van der Waals surface area contributed by atoms with Crippen LogP contribution in [-0.2, 0) is 16.8 Å². The Morgan fingerprint density at radius 2 is 1.86 bits per heavy atom. The first kappa shape index (κ1) is 15.7. The van der Waals surface area contributed by atoms with Gasteiger partial charge >= 0.3 is 5.97 Å². The Morgan fingerprint density at radius 3 is 2.38 bits per heavy atom. The molecule has 0 bridgehead atoms. The van der Waals surface area contributed by atoms with Gasteiger partial charge in [-0.2, -0.15) is 0 Å². The van der Waals surface area contributed by atoms with Crippen molar-refractivity contribution in [3.63, 3.8) is 0 Å². The zero-order chi connectivity index (χ0) is 15.5. The highest BCUT2D eigenvalue weighted by molar-refractivity contribution is 7.12. The third kappa shape index (κ3) is 4.16. The zero-order valence-electron chi connectivity index (χ0n) is 12.6. The summed E-state index contributed by atoms with van der Waals surface area (Å²) >= 11 is 1.73. The lowest BCUT2D eigenvalue weighted by atomic mass is 9.95. The quantitative estimate of drug-likeness (QED) is 0.879. The number of thiophene rings is 1. The van der Waals surface area contributed by atoms with Gasteiger partial charge in [0.25, 0.3) is 0 Å². The summed E-state index contributed by atoms with van der Waals surface area (Å²) < 4.78 is 0. The van der Waals surface area contributed by atoms with Crippen molar-refractivity contribution in [2.24, 2.45) is 0 Å². The molecular formula is C17H21NO2S. The van der Waals surface area contributed by atoms with Crippen molar-refractivity contribution in [3.05, 3.63) is 57.8 Å². The number of carboxylic acids is 1. The van der Waals surface area contributed by atoms with Gasteiger partial charge in [-0.1, -0.05) is 51.1 Å². The van der Waals surface area contributed by atoms with Crippen LogP contribution in [0.1, 0.15) is 42.1 Å². The van der Waals surface area contributed by atoms with Crippen molar-refractivity contribution in [1.82, 2.24) is 5.32 Å². The van der Waals surface area contributed by atoms with Gasteiger partial charge in [-0.25, -0.2) is 0 Å². The topological polar surface area (TPSA) is 49.3 Å². The lowest BCUT2D eigenvalue weighted by Crippen LogP contribution is -2.27. The minimum atomic E-state index is -0.853. The van der Waals surface area contributed by atoms with Crippen LogP contribution in [0.2, 0.25) is 0 Å². The molecule has 0 radical (unpaired) electrons. The van der Waals surface area contributed by atoms with E-state index in [-0.39, 0.29) is 5.41 Å². The number of rotatable bonds is 5. The molecule has 1 aromatic carbocycles. The van der Waals surface area contributed by atoms with Crippen LogP contribution in [0.4, 0.5) is 0 Å². The van der Waals surface area contributed by atoms with Crippen molar-refractivity contribution in [3.8, 4) is 0 Å². The van der Waals surface area contributed by atoms with E-state index in [1.54, 1.807) is 11.3 Å². The summed E-state index contributed by atoms with van der Waals surface area (Å²) in [6, 6.07) is 12.8. The summed E-state index contributed by atoms with van der Waals surface area (Å²) in [5, 5.41) is 12.5. The van der Waals surface area contributed by atoms with E-state index in [4.69, 9.17) is 0 Å². The molecular weight excluding hydrogens is 282 g/mol. The smallest absolute Gasteiger partial charge is 0.325 e. The van der Waals surface area contributed by atoms with Crippen LogP contribution in [0.15, 0.2) is 42.5 Å². The van der Waals surface area contributed by atoms with Crippen molar-refractivity contribution < 1.29 is 9.90 Å². The average Bonchev–Trinajstić information content (AvgIpc) is 2.88. The van der Waals surface area contributed by atoms with Gasteiger partial charge in [0.05, 0.1) is 0 Å². The summed E-state index contributed by atoms with van der Waals surface area (Å²) in [6.45, 7) is 7.10. The van der Waals surface area contributed by atoms with Gasteiger partial charge in [0.15, 0.2) is 0 Å². The van der Waals surface area contributed by atoms with E-state index in [0.29, 0.717) is 6.54 Å². The fraction of sp³-hybridized carbons (Fsp3) is 0.353. The minimum Gasteiger partial charge on any atom is -0.480 e. The predicted octanol–water partition coefficient (Wildman–Crippen LogP) is 3.96. The molecule has 0 spiro atoms. The number of carboxylic acid groups (broad SMARTS) is 1. The second kappa shape index (κ2) is 6.41. The maximum Gasteiger partial charge on any atom is 0.325 e. The highest BCUT2D eigenvalue weighted by atomic mass is 32.1. The lowest BCUT2D eigenvalue weighted by Gasteiger charge is -2.16. The molecule has 0 aliphatic heterocycles. The van der Waals surface area contributed by atoms with E-state index in [2.05, 4.69) is 38.2 Å². The van der Waals surface area contributed by atoms with Crippen LogP contribution in [0, 0.1) is 0 Å². The first-order valence-electron chi connectivity index (χ1n) is 6.98. The van der Waals surface area contributed by atoms with Crippen molar-refractivity contribution in [1.29, 1.82) is 0 Å². The average molecular weight is 303 g/mol. The number of hydrogen-bond donors (Lipinski definition) is 2. The van der Waals surface area contributed by atoms with Gasteiger partial charge in [-0.3, -0.25) is 10.1 Å². The van der Waals surface area contributed by atoms with Crippen molar-refractivity contribution in [2.45, 2.75) is 38.8 Å². The van der Waals surface area contributed by atoms with Gasteiger partial charge in [0.1, 0.15) is 6.04 Å². The number of aliphatic carboxylic acids is 1. The van der Waals surface area contributed by atoms with Gasteiger partial charge in [0, 0.05) is 16.3 Å². The molecule has 0 saturated carbocycles. The first-order valence-corrected chi connectivity index (χ1v) is 7.80. The van der Waals surface area contributed by atoms with Crippen LogP contribution in [0.5, 0.6) is 0 Å². The van der Waals surface area contributed by atoms with Crippen LogP contribution < -0.4 is 5.32 Å². The molecule has 0 aliphatic carbocycles. The number of benzene rings is 1. The molecule has 2 rings (SSSR count). The maximum absolute atomic E-state index is 11.4. The molecule has 3 nitrogen and oxygen atoms in total. The van der Waals surface area contributed by atoms with Gasteiger partial charge in [0.2, 0.25) is 0 Å². The Morgan fingerprint density at radius 1 is 1.19 bits per heavy atom. The SMILES string of the molecule is CC(C)(C)c1ccc(CN[C@H](C(=O)O)c2ccccc2)s1. The minimum absolute atomic E-state index is 0.133. The summed E-state index contributed by atoms with van der Waals surface area (Å²) in [6.07, 6.45) is 0. The summed E-state index contributed by atoms with van der Waals surface area (Å²) in [4.78, 5) is 13.9. The molecule has 1 atom stereocenters. The van der Waals surface area contributed by atoms with E-state index in [9.17, 15) is 9.90 Å². The second-order valence-corrected chi connectivity index (χ2v) is 7.25. The molecule has 0 unspecified atom stereocenters. The van der Waals surface area contributed by atoms with Crippen molar-refractivity contribution in [2.75, 3.05) is 0 Å². The van der Waals surface area contributed by atoms with Crippen molar-refractivity contribution >= 4 is 17.3 Å². The van der Waals surface area contributed by atoms with Gasteiger partial charge < -0.3 is 5.11 Å². The summed E-state index contributed by atoms with van der Waals surface area (Å²) in [5.74, 6) is -0.853. The molecule has 1 heterocycles. The third-order valence-electron chi connectivity index (χ3n) is 3.26. The molecule has 0 saturated heterocycles. The summed E-state index contributed by atoms with van der Waals surface area (Å²) in [5.41, 5.74) is 0.909. The third-order valence-corrected chi connectivity index (χ3v) is 4.77. The molecule has 0 aliphatic rings. The largest absolute Gasteiger partial charge is 0.480 e. The molecule has 2 N–H and O–H groups in total. The van der Waals surface area contributed by atoms with E-state index in [0.717, 1.165) is 10.4 Å². The predicted molar refractivity (Wildman–Crippen MR) is 86.7 cm³/mol. The highest BCUT2D eigenvalue weighted by Gasteiger charge is 2.20.